The van der Waals surface area contributed by atoms with Gasteiger partial charge in [-0.1, -0.05) is 41.0 Å². The number of hydrogen-bond acceptors (Lipinski definition) is 5. The number of rotatable bonds is 5. The molecule has 220 valence electrons. The van der Waals surface area contributed by atoms with E-state index in [1.165, 1.54) is 4.90 Å². The van der Waals surface area contributed by atoms with Gasteiger partial charge < -0.3 is 19.9 Å². The summed E-state index contributed by atoms with van der Waals surface area (Å²) >= 11 is 18.6. The number of carbonyl (C=O) groups excluding carboxylic acids is 2. The highest BCUT2D eigenvalue weighted by Gasteiger charge is 2.53. The molecule has 1 aromatic heterocycles. The van der Waals surface area contributed by atoms with Crippen molar-refractivity contribution in [2.45, 2.75) is 60.9 Å². The topological polar surface area (TPSA) is 93.7 Å². The molecule has 1 spiro atoms. The molecule has 1 aliphatic carbocycles. The molecule has 3 aromatic rings. The standard InChI is InChI=1S/C29H24Cl3F2N3O4S/c1-14-16-13-36(12-15(16)10-19(23(14)38)37-9-3-6-28(7-8-28)27(37)41)26(40)22-20(11-21(29(32,33)34)35-25(22)39)42-24-17(30)4-2-5-18(24)31/h2,4-5,10-11,38H,3,6-9,12-13H2,1H3,(H,35,39). The minimum absolute atomic E-state index is 0.0111. The highest BCUT2D eigenvalue weighted by Crippen LogP contribution is 2.54. The van der Waals surface area contributed by atoms with Crippen LogP contribution in [0.5, 0.6) is 5.75 Å². The molecule has 42 heavy (non-hydrogen) atoms. The van der Waals surface area contributed by atoms with Crippen molar-refractivity contribution in [3.63, 3.8) is 0 Å². The number of alkyl halides is 3. The van der Waals surface area contributed by atoms with Crippen molar-refractivity contribution in [1.82, 2.24) is 9.88 Å². The number of pyridine rings is 1. The van der Waals surface area contributed by atoms with Crippen LogP contribution in [0, 0.1) is 12.3 Å². The first-order valence-electron chi connectivity index (χ1n) is 13.2. The van der Waals surface area contributed by atoms with Gasteiger partial charge in [0.2, 0.25) is 5.91 Å². The van der Waals surface area contributed by atoms with E-state index in [1.807, 2.05) is 4.98 Å². The van der Waals surface area contributed by atoms with E-state index in [1.54, 1.807) is 36.1 Å². The second kappa shape index (κ2) is 10.4. The molecular weight excluding hydrogens is 631 g/mol. The molecule has 2 amide bonds. The van der Waals surface area contributed by atoms with Gasteiger partial charge in [0.25, 0.3) is 11.5 Å². The normalized spacial score (nSPS) is 17.6. The first kappa shape index (κ1) is 29.3. The van der Waals surface area contributed by atoms with Crippen LogP contribution < -0.4 is 10.5 Å². The van der Waals surface area contributed by atoms with Crippen LogP contribution in [0.15, 0.2) is 44.9 Å². The molecule has 6 rings (SSSR count). The summed E-state index contributed by atoms with van der Waals surface area (Å²) in [6.45, 7) is 2.36. The Morgan fingerprint density at radius 2 is 1.81 bits per heavy atom. The summed E-state index contributed by atoms with van der Waals surface area (Å²) in [6.07, 6.45) is 3.37. The van der Waals surface area contributed by atoms with E-state index in [0.717, 1.165) is 49.1 Å². The number of anilines is 1. The average Bonchev–Trinajstić information content (AvgIpc) is 3.57. The highest BCUT2D eigenvalue weighted by atomic mass is 35.5. The Labute approximate surface area is 258 Å². The minimum atomic E-state index is -3.90. The number of nitrogens with one attached hydrogen (secondary N) is 1. The largest absolute Gasteiger partial charge is 0.505 e. The second-order valence-electron chi connectivity index (χ2n) is 10.9. The predicted molar refractivity (Wildman–Crippen MR) is 157 cm³/mol. The lowest BCUT2D eigenvalue weighted by molar-refractivity contribution is -0.125. The van der Waals surface area contributed by atoms with E-state index in [2.05, 4.69) is 0 Å². The number of hydrogen-bond donors (Lipinski definition) is 2. The first-order chi connectivity index (χ1) is 19.8. The molecule has 2 aromatic carbocycles. The average molecular weight is 655 g/mol. The summed E-state index contributed by atoms with van der Waals surface area (Å²) in [5.41, 5.74) is -0.279. The van der Waals surface area contributed by atoms with E-state index < -0.39 is 22.5 Å². The van der Waals surface area contributed by atoms with E-state index in [-0.39, 0.29) is 55.6 Å². The van der Waals surface area contributed by atoms with Gasteiger partial charge in [-0.15, -0.1) is 0 Å². The van der Waals surface area contributed by atoms with Gasteiger partial charge >= 0.3 is 5.38 Å². The smallest absolute Gasteiger partial charge is 0.362 e. The van der Waals surface area contributed by atoms with E-state index in [9.17, 15) is 28.3 Å². The molecule has 3 heterocycles. The SMILES string of the molecule is Cc1c(O)c(N2CCCC3(CC3)C2=O)cc2c1CN(C(=O)c1c(Sc3c(Cl)cccc3Cl)cc(C(F)(F)Cl)[nH]c1=O)C2. The minimum Gasteiger partial charge on any atom is -0.505 e. The fraction of sp³-hybridized carbons (Fsp3) is 0.345. The van der Waals surface area contributed by atoms with Crippen LogP contribution in [-0.4, -0.2) is 33.3 Å². The maximum absolute atomic E-state index is 14.1. The lowest BCUT2D eigenvalue weighted by Gasteiger charge is -2.33. The van der Waals surface area contributed by atoms with Gasteiger partial charge in [0.1, 0.15) is 17.0 Å². The van der Waals surface area contributed by atoms with E-state index in [0.29, 0.717) is 23.4 Å². The molecule has 0 atom stereocenters. The van der Waals surface area contributed by atoms with Crippen molar-refractivity contribution in [1.29, 1.82) is 0 Å². The summed E-state index contributed by atoms with van der Waals surface area (Å²) in [4.78, 5) is 45.5. The zero-order valence-corrected chi connectivity index (χ0v) is 25.3. The third-order valence-corrected chi connectivity index (χ3v) is 10.5. The van der Waals surface area contributed by atoms with Gasteiger partial charge in [0.05, 0.1) is 15.7 Å². The van der Waals surface area contributed by atoms with Gasteiger partial charge in [-0.3, -0.25) is 14.4 Å². The maximum Gasteiger partial charge on any atom is 0.362 e. The van der Waals surface area contributed by atoms with Crippen LogP contribution in [0.2, 0.25) is 10.0 Å². The third kappa shape index (κ3) is 4.96. The number of carbonyl (C=O) groups is 2. The number of phenolic OH excluding ortho intramolecular Hbond substituents is 1. The van der Waals surface area contributed by atoms with Crippen LogP contribution in [-0.2, 0) is 23.3 Å². The van der Waals surface area contributed by atoms with Gasteiger partial charge in [-0.2, -0.15) is 8.78 Å². The molecule has 7 nitrogen and oxygen atoms in total. The number of aromatic nitrogens is 1. The van der Waals surface area contributed by atoms with E-state index in [4.69, 9.17) is 34.8 Å². The van der Waals surface area contributed by atoms with Crippen molar-refractivity contribution in [3.05, 3.63) is 78.7 Å². The predicted octanol–water partition coefficient (Wildman–Crippen LogP) is 7.20. The fourth-order valence-corrected chi connectivity index (χ4v) is 7.53. The summed E-state index contributed by atoms with van der Waals surface area (Å²) < 4.78 is 28.1. The number of piperidine rings is 1. The van der Waals surface area contributed by atoms with Crippen LogP contribution in [0.1, 0.15) is 58.4 Å². The quantitative estimate of drug-likeness (QED) is 0.284. The molecule has 2 N–H and O–H groups in total. The number of H-pyrrole nitrogens is 1. The molecule has 0 unspecified atom stereocenters. The van der Waals surface area contributed by atoms with Gasteiger partial charge in [0.15, 0.2) is 0 Å². The number of aromatic amines is 1. The Bertz CT molecular complexity index is 1700. The molecule has 3 aliphatic rings. The van der Waals surface area contributed by atoms with Crippen LogP contribution >= 0.6 is 46.6 Å². The number of aromatic hydroxyl groups is 1. The Balaban J connectivity index is 1.36. The Hall–Kier alpha value is -2.79. The zero-order chi connectivity index (χ0) is 30.1. The molecular formula is C29H24Cl3F2N3O4S. The van der Waals surface area contributed by atoms with Crippen molar-refractivity contribution < 1.29 is 23.5 Å². The molecule has 1 saturated heterocycles. The lowest BCUT2D eigenvalue weighted by Crippen LogP contribution is -2.42. The van der Waals surface area contributed by atoms with Crippen LogP contribution in [0.3, 0.4) is 0 Å². The molecule has 0 radical (unpaired) electrons. The number of amides is 2. The third-order valence-electron chi connectivity index (χ3n) is 8.27. The van der Waals surface area contributed by atoms with Gasteiger partial charge in [0, 0.05) is 34.8 Å². The number of phenols is 1. The maximum atomic E-state index is 14.1. The Kier molecular flexibility index (Phi) is 7.28. The first-order valence-corrected chi connectivity index (χ1v) is 15.2. The second-order valence-corrected chi connectivity index (χ2v) is 13.3. The Morgan fingerprint density at radius 1 is 1.12 bits per heavy atom. The van der Waals surface area contributed by atoms with Crippen LogP contribution in [0.4, 0.5) is 14.5 Å². The number of halogens is 5. The molecule has 2 aliphatic heterocycles. The summed E-state index contributed by atoms with van der Waals surface area (Å²) in [5.74, 6) is -0.726. The number of fused-ring (bicyclic) bond motifs is 1. The summed E-state index contributed by atoms with van der Waals surface area (Å²) in [5, 5.41) is 7.62. The highest BCUT2D eigenvalue weighted by molar-refractivity contribution is 7.99. The van der Waals surface area contributed by atoms with Crippen molar-refractivity contribution >= 4 is 64.1 Å². The summed E-state index contributed by atoms with van der Waals surface area (Å²) in [7, 11) is 0. The molecule has 1 saturated carbocycles. The van der Waals surface area contributed by atoms with Gasteiger partial charge in [-0.25, -0.2) is 0 Å². The fourth-order valence-electron chi connectivity index (χ4n) is 5.79. The monoisotopic (exact) mass is 653 g/mol. The lowest BCUT2D eigenvalue weighted by atomic mass is 9.92. The molecule has 13 heteroatoms. The Morgan fingerprint density at radius 3 is 2.45 bits per heavy atom. The number of benzene rings is 2. The van der Waals surface area contributed by atoms with Crippen LogP contribution in [0.25, 0.3) is 0 Å². The zero-order valence-electron chi connectivity index (χ0n) is 22.2. The molecule has 0 bridgehead atoms. The van der Waals surface area contributed by atoms with Crippen molar-refractivity contribution in [2.24, 2.45) is 5.41 Å². The van der Waals surface area contributed by atoms with Crippen molar-refractivity contribution in [2.75, 3.05) is 11.4 Å². The van der Waals surface area contributed by atoms with Gasteiger partial charge in [-0.05, 0) is 85.2 Å². The number of nitrogens with zero attached hydrogens (tertiary/aromatic N) is 2. The van der Waals surface area contributed by atoms with Crippen molar-refractivity contribution in [3.8, 4) is 5.75 Å². The van der Waals surface area contributed by atoms with E-state index >= 15 is 0 Å². The summed E-state index contributed by atoms with van der Waals surface area (Å²) in [6, 6.07) is 7.37. The molecule has 2 fully saturated rings.